The Balaban J connectivity index is 1.92. The second-order valence-electron chi connectivity index (χ2n) is 4.42. The second-order valence-corrected chi connectivity index (χ2v) is 4.42. The Hall–Kier alpha value is -1.55. The summed E-state index contributed by atoms with van der Waals surface area (Å²) in [5.41, 5.74) is 1.89. The Kier molecular flexibility index (Phi) is 2.52. The molecule has 0 aromatic heterocycles. The maximum atomic E-state index is 12.2. The van der Waals surface area contributed by atoms with Crippen LogP contribution in [0.2, 0.25) is 0 Å². The highest BCUT2D eigenvalue weighted by molar-refractivity contribution is 6.10. The zero-order valence-corrected chi connectivity index (χ0v) is 9.77. The zero-order valence-electron chi connectivity index (χ0n) is 9.77. The highest BCUT2D eigenvalue weighted by Gasteiger charge is 2.38. The summed E-state index contributed by atoms with van der Waals surface area (Å²) in [5, 5.41) is 3.22. The maximum Gasteiger partial charge on any atom is 0.258 e. The van der Waals surface area contributed by atoms with E-state index in [1.165, 1.54) is 0 Å². The molecule has 0 aliphatic carbocycles. The van der Waals surface area contributed by atoms with Crippen LogP contribution in [0.15, 0.2) is 24.3 Å². The molecule has 1 saturated heterocycles. The van der Waals surface area contributed by atoms with Crippen LogP contribution >= 0.6 is 0 Å². The quantitative estimate of drug-likeness (QED) is 0.801. The molecule has 2 aliphatic rings. The normalized spacial score (nSPS) is 24.6. The standard InChI is InChI=1S/C13H15N2O2/c1-15-10-6-3-2-5-9(10)14-12(13(15)16)11-7-4-8-17-11/h2-3,5-6,11,14H,4,7-8H2,1H3. The van der Waals surface area contributed by atoms with Gasteiger partial charge < -0.3 is 15.0 Å². The summed E-state index contributed by atoms with van der Waals surface area (Å²) in [7, 11) is 1.80. The van der Waals surface area contributed by atoms with Gasteiger partial charge in [0.25, 0.3) is 5.91 Å². The van der Waals surface area contributed by atoms with Crippen molar-refractivity contribution in [1.82, 2.24) is 0 Å². The highest BCUT2D eigenvalue weighted by atomic mass is 16.5. The Bertz CT molecular complexity index is 441. The fraction of sp³-hybridized carbons (Fsp3) is 0.385. The van der Waals surface area contributed by atoms with Gasteiger partial charge in [0.05, 0.1) is 17.5 Å². The first-order valence-electron chi connectivity index (χ1n) is 5.90. The minimum absolute atomic E-state index is 0.00981. The van der Waals surface area contributed by atoms with E-state index in [1.54, 1.807) is 11.9 Å². The van der Waals surface area contributed by atoms with Crippen molar-refractivity contribution in [2.75, 3.05) is 23.9 Å². The molecule has 2 heterocycles. The van der Waals surface area contributed by atoms with Gasteiger partial charge in [-0.25, -0.2) is 0 Å². The van der Waals surface area contributed by atoms with Crippen LogP contribution in [-0.2, 0) is 9.53 Å². The minimum Gasteiger partial charge on any atom is -0.375 e. The lowest BCUT2D eigenvalue weighted by Crippen LogP contribution is -2.45. The van der Waals surface area contributed by atoms with Gasteiger partial charge in [0, 0.05) is 13.7 Å². The van der Waals surface area contributed by atoms with Crippen LogP contribution in [0.3, 0.4) is 0 Å². The molecule has 1 atom stereocenters. The Morgan fingerprint density at radius 3 is 3.00 bits per heavy atom. The number of likely N-dealkylation sites (N-methyl/N-ethyl adjacent to an activating group) is 1. The number of rotatable bonds is 1. The van der Waals surface area contributed by atoms with Gasteiger partial charge in [0.2, 0.25) is 0 Å². The van der Waals surface area contributed by atoms with Crippen molar-refractivity contribution < 1.29 is 9.53 Å². The van der Waals surface area contributed by atoms with E-state index in [0.717, 1.165) is 30.8 Å². The first kappa shape index (κ1) is 10.6. The summed E-state index contributed by atoms with van der Waals surface area (Å²) in [6.07, 6.45) is 1.87. The number of anilines is 2. The number of carbonyl (C=O) groups is 1. The third-order valence-corrected chi connectivity index (χ3v) is 3.32. The van der Waals surface area contributed by atoms with Gasteiger partial charge in [0.1, 0.15) is 0 Å². The molecular weight excluding hydrogens is 216 g/mol. The lowest BCUT2D eigenvalue weighted by molar-refractivity contribution is -0.118. The average Bonchev–Trinajstić information content (AvgIpc) is 2.87. The molecule has 17 heavy (non-hydrogen) atoms. The fourth-order valence-electron chi connectivity index (χ4n) is 2.38. The Morgan fingerprint density at radius 1 is 1.41 bits per heavy atom. The molecule has 1 radical (unpaired) electrons. The van der Waals surface area contributed by atoms with Crippen LogP contribution in [0.5, 0.6) is 0 Å². The first-order chi connectivity index (χ1) is 8.27. The molecule has 1 unspecified atom stereocenters. The highest BCUT2D eigenvalue weighted by Crippen LogP contribution is 2.36. The largest absolute Gasteiger partial charge is 0.375 e. The van der Waals surface area contributed by atoms with Crippen LogP contribution in [0.4, 0.5) is 11.4 Å². The Labute approximate surface area is 101 Å². The zero-order chi connectivity index (χ0) is 11.8. The van der Waals surface area contributed by atoms with Crippen molar-refractivity contribution in [3.63, 3.8) is 0 Å². The van der Waals surface area contributed by atoms with E-state index in [1.807, 2.05) is 24.3 Å². The van der Waals surface area contributed by atoms with Crippen molar-refractivity contribution in [2.24, 2.45) is 0 Å². The van der Waals surface area contributed by atoms with Crippen LogP contribution in [-0.4, -0.2) is 25.7 Å². The predicted molar refractivity (Wildman–Crippen MR) is 65.7 cm³/mol. The summed E-state index contributed by atoms with van der Waals surface area (Å²) >= 11 is 0. The Morgan fingerprint density at radius 2 is 2.24 bits per heavy atom. The molecule has 1 amide bonds. The van der Waals surface area contributed by atoms with E-state index in [-0.39, 0.29) is 12.0 Å². The van der Waals surface area contributed by atoms with Crippen molar-refractivity contribution in [3.8, 4) is 0 Å². The van der Waals surface area contributed by atoms with Crippen molar-refractivity contribution >= 4 is 17.3 Å². The van der Waals surface area contributed by atoms with E-state index < -0.39 is 0 Å². The molecule has 3 rings (SSSR count). The molecule has 0 saturated carbocycles. The van der Waals surface area contributed by atoms with Gasteiger partial charge in [0.15, 0.2) is 6.04 Å². The summed E-state index contributed by atoms with van der Waals surface area (Å²) in [6.45, 7) is 0.745. The molecule has 1 aromatic rings. The molecule has 1 aromatic carbocycles. The number of fused-ring (bicyclic) bond motifs is 1. The number of hydrogen-bond donors (Lipinski definition) is 1. The molecule has 4 heteroatoms. The van der Waals surface area contributed by atoms with Crippen LogP contribution in [0.1, 0.15) is 12.8 Å². The summed E-state index contributed by atoms with van der Waals surface area (Å²) in [6, 6.07) is 8.48. The number of para-hydroxylation sites is 2. The van der Waals surface area contributed by atoms with Gasteiger partial charge in [-0.15, -0.1) is 0 Å². The maximum absolute atomic E-state index is 12.2. The van der Waals surface area contributed by atoms with Crippen LogP contribution in [0, 0.1) is 6.04 Å². The second kappa shape index (κ2) is 4.04. The van der Waals surface area contributed by atoms with Crippen LogP contribution < -0.4 is 10.2 Å². The predicted octanol–water partition coefficient (Wildman–Crippen LogP) is 1.79. The molecule has 0 spiro atoms. The van der Waals surface area contributed by atoms with E-state index in [9.17, 15) is 4.79 Å². The number of carbonyl (C=O) groups excluding carboxylic acids is 1. The fourth-order valence-corrected chi connectivity index (χ4v) is 2.38. The van der Waals surface area contributed by atoms with Crippen molar-refractivity contribution in [1.29, 1.82) is 0 Å². The number of hydrogen-bond acceptors (Lipinski definition) is 3. The molecule has 2 aliphatic heterocycles. The van der Waals surface area contributed by atoms with E-state index in [4.69, 9.17) is 4.74 Å². The van der Waals surface area contributed by atoms with Gasteiger partial charge in [-0.2, -0.15) is 0 Å². The molecule has 89 valence electrons. The third kappa shape index (κ3) is 1.69. The van der Waals surface area contributed by atoms with Gasteiger partial charge in [-0.3, -0.25) is 4.79 Å². The number of nitrogens with zero attached hydrogens (tertiary/aromatic N) is 1. The monoisotopic (exact) mass is 231 g/mol. The average molecular weight is 231 g/mol. The lowest BCUT2D eigenvalue weighted by Gasteiger charge is -2.34. The smallest absolute Gasteiger partial charge is 0.258 e. The molecule has 0 bridgehead atoms. The van der Waals surface area contributed by atoms with Gasteiger partial charge in [-0.05, 0) is 25.0 Å². The minimum atomic E-state index is -0.0710. The van der Waals surface area contributed by atoms with E-state index >= 15 is 0 Å². The molecule has 1 fully saturated rings. The summed E-state index contributed by atoms with van der Waals surface area (Å²) in [4.78, 5) is 13.9. The van der Waals surface area contributed by atoms with Crippen molar-refractivity contribution in [3.05, 3.63) is 30.3 Å². The van der Waals surface area contributed by atoms with E-state index in [0.29, 0.717) is 6.04 Å². The summed E-state index contributed by atoms with van der Waals surface area (Å²) < 4.78 is 5.58. The summed E-state index contributed by atoms with van der Waals surface area (Å²) in [5.74, 6) is 0.00981. The first-order valence-corrected chi connectivity index (χ1v) is 5.90. The third-order valence-electron chi connectivity index (χ3n) is 3.32. The number of benzene rings is 1. The van der Waals surface area contributed by atoms with Gasteiger partial charge in [-0.1, -0.05) is 12.1 Å². The number of ether oxygens (including phenoxy) is 1. The number of nitrogens with one attached hydrogen (secondary N) is 1. The number of amides is 1. The van der Waals surface area contributed by atoms with Crippen molar-refractivity contribution in [2.45, 2.75) is 18.9 Å². The molecule has 4 nitrogen and oxygen atoms in total. The molecular formula is C13H15N2O2. The van der Waals surface area contributed by atoms with Crippen LogP contribution in [0.25, 0.3) is 0 Å². The SMILES string of the molecule is CN1C(=O)[C](C2CCCO2)Nc2ccccc21. The van der Waals surface area contributed by atoms with Gasteiger partial charge >= 0.3 is 0 Å². The lowest BCUT2D eigenvalue weighted by atomic mass is 10.0. The molecule has 1 N–H and O–H groups in total. The van der Waals surface area contributed by atoms with E-state index in [2.05, 4.69) is 5.32 Å². The topological polar surface area (TPSA) is 41.6 Å².